The van der Waals surface area contributed by atoms with Gasteiger partial charge in [0.2, 0.25) is 0 Å². The molecule has 0 heterocycles. The molecule has 3 rings (SSSR count). The van der Waals surface area contributed by atoms with Gasteiger partial charge in [-0.3, -0.25) is 0 Å². The average Bonchev–Trinajstić information content (AvgIpc) is 2.66. The highest BCUT2D eigenvalue weighted by Gasteiger charge is 2.48. The van der Waals surface area contributed by atoms with Gasteiger partial charge in [-0.25, -0.2) is 0 Å². The van der Waals surface area contributed by atoms with E-state index in [1.54, 1.807) is 0 Å². The van der Waals surface area contributed by atoms with Crippen molar-refractivity contribution in [2.45, 2.75) is 64.1 Å². The maximum atomic E-state index is 10.7. The van der Waals surface area contributed by atoms with Crippen molar-refractivity contribution in [3.8, 4) is 0 Å². The summed E-state index contributed by atoms with van der Waals surface area (Å²) in [7, 11) is -2.08. The highest BCUT2D eigenvalue weighted by atomic mass is 28.3. The standard InChI is InChI=1S/C25H34OSi/c1-5-21-17-16-20(18-24(21)26)19-27(25(2,3)4,22-12-8-6-9-13-22)23-14-10-7-11-15-23/h6-16,21,24,26H,5,17-19H2,1-4H3/t21-,24-/m0/s1. The molecule has 0 amide bonds. The monoisotopic (exact) mass is 378 g/mol. The molecule has 0 bridgehead atoms. The van der Waals surface area contributed by atoms with E-state index in [0.717, 1.165) is 25.3 Å². The van der Waals surface area contributed by atoms with Crippen LogP contribution in [0, 0.1) is 5.92 Å². The fourth-order valence-electron chi connectivity index (χ4n) is 4.86. The number of rotatable bonds is 5. The molecule has 1 aliphatic rings. The molecule has 1 nitrogen and oxygen atoms in total. The highest BCUT2D eigenvalue weighted by Crippen LogP contribution is 2.42. The molecule has 2 atom stereocenters. The first-order valence-corrected chi connectivity index (χ1v) is 12.6. The molecule has 144 valence electrons. The second kappa shape index (κ2) is 8.16. The van der Waals surface area contributed by atoms with Gasteiger partial charge < -0.3 is 5.11 Å². The normalized spacial score (nSPS) is 21.0. The van der Waals surface area contributed by atoms with Gasteiger partial charge >= 0.3 is 0 Å². The Kier molecular flexibility index (Phi) is 6.07. The number of benzene rings is 2. The van der Waals surface area contributed by atoms with E-state index in [1.807, 2.05) is 0 Å². The Bertz CT molecular complexity index is 718. The summed E-state index contributed by atoms with van der Waals surface area (Å²) in [4.78, 5) is 0. The van der Waals surface area contributed by atoms with E-state index in [0.29, 0.717) is 5.92 Å². The highest BCUT2D eigenvalue weighted by molar-refractivity contribution is 7.04. The SMILES string of the molecule is CC[C@H]1CC=C(C[Si](c2ccccc2)(c2ccccc2)C(C)(C)C)C[C@@H]1O. The molecule has 2 aromatic carbocycles. The Morgan fingerprint density at radius 1 is 0.926 bits per heavy atom. The minimum atomic E-state index is -2.08. The number of aliphatic hydroxyl groups is 1. The Labute approximate surface area is 166 Å². The summed E-state index contributed by atoms with van der Waals surface area (Å²) in [5.74, 6) is 0.424. The lowest BCUT2D eigenvalue weighted by Crippen LogP contribution is -2.64. The van der Waals surface area contributed by atoms with E-state index in [1.165, 1.54) is 15.9 Å². The van der Waals surface area contributed by atoms with Crippen molar-refractivity contribution >= 4 is 18.4 Å². The summed E-state index contributed by atoms with van der Waals surface area (Å²) >= 11 is 0. The molecule has 27 heavy (non-hydrogen) atoms. The maximum Gasteiger partial charge on any atom is 0.127 e. The predicted molar refractivity (Wildman–Crippen MR) is 120 cm³/mol. The quantitative estimate of drug-likeness (QED) is 0.563. The van der Waals surface area contributed by atoms with Gasteiger partial charge in [-0.2, -0.15) is 0 Å². The van der Waals surface area contributed by atoms with Crippen molar-refractivity contribution in [1.29, 1.82) is 0 Å². The Morgan fingerprint density at radius 2 is 1.44 bits per heavy atom. The van der Waals surface area contributed by atoms with Crippen molar-refractivity contribution in [1.82, 2.24) is 0 Å². The van der Waals surface area contributed by atoms with Gasteiger partial charge in [-0.05, 0) is 29.8 Å². The zero-order valence-corrected chi connectivity index (χ0v) is 18.3. The average molecular weight is 379 g/mol. The summed E-state index contributed by atoms with van der Waals surface area (Å²) in [5.41, 5.74) is 1.46. The van der Waals surface area contributed by atoms with Gasteiger partial charge in [-0.1, -0.05) is 117 Å². The van der Waals surface area contributed by atoms with Crippen LogP contribution in [0.5, 0.6) is 0 Å². The molecule has 0 aliphatic heterocycles. The fraction of sp³-hybridized carbons (Fsp3) is 0.440. The first-order chi connectivity index (χ1) is 12.9. The molecule has 0 saturated heterocycles. The fourth-order valence-corrected chi connectivity index (χ4v) is 10.4. The minimum Gasteiger partial charge on any atom is -0.392 e. The van der Waals surface area contributed by atoms with E-state index in [2.05, 4.69) is 94.4 Å². The largest absolute Gasteiger partial charge is 0.392 e. The first kappa shape index (κ1) is 20.1. The molecular weight excluding hydrogens is 344 g/mol. The van der Waals surface area contributed by atoms with Crippen LogP contribution in [-0.4, -0.2) is 19.3 Å². The minimum absolute atomic E-state index is 0.170. The first-order valence-electron chi connectivity index (χ1n) is 10.4. The summed E-state index contributed by atoms with van der Waals surface area (Å²) in [6, 6.07) is 23.4. The van der Waals surface area contributed by atoms with Gasteiger partial charge in [-0.15, -0.1) is 0 Å². The van der Waals surface area contributed by atoms with E-state index in [9.17, 15) is 5.11 Å². The molecule has 0 aromatic heterocycles. The summed E-state index contributed by atoms with van der Waals surface area (Å²) < 4.78 is 0. The van der Waals surface area contributed by atoms with Crippen molar-refractivity contribution < 1.29 is 5.11 Å². The number of aliphatic hydroxyl groups excluding tert-OH is 1. The number of hydrogen-bond donors (Lipinski definition) is 1. The van der Waals surface area contributed by atoms with E-state index >= 15 is 0 Å². The second-order valence-corrected chi connectivity index (χ2v) is 13.9. The van der Waals surface area contributed by atoms with Crippen LogP contribution in [0.1, 0.15) is 47.0 Å². The molecule has 1 N–H and O–H groups in total. The summed E-state index contributed by atoms with van der Waals surface area (Å²) in [6.45, 7) is 9.42. The third-order valence-electron chi connectivity index (χ3n) is 6.55. The van der Waals surface area contributed by atoms with Gasteiger partial charge in [0, 0.05) is 0 Å². The Balaban J connectivity index is 2.12. The molecule has 0 saturated carbocycles. The van der Waals surface area contributed by atoms with E-state index in [-0.39, 0.29) is 11.1 Å². The van der Waals surface area contributed by atoms with E-state index < -0.39 is 8.07 Å². The van der Waals surface area contributed by atoms with Gasteiger partial charge in [0.15, 0.2) is 0 Å². The summed E-state index contributed by atoms with van der Waals surface area (Å²) in [6.07, 6.45) is 5.17. The lowest BCUT2D eigenvalue weighted by molar-refractivity contribution is 0.100. The van der Waals surface area contributed by atoms with E-state index in [4.69, 9.17) is 0 Å². The van der Waals surface area contributed by atoms with Crippen molar-refractivity contribution in [3.63, 3.8) is 0 Å². The molecule has 1 aliphatic carbocycles. The maximum absolute atomic E-state index is 10.7. The van der Waals surface area contributed by atoms with Crippen LogP contribution in [0.25, 0.3) is 0 Å². The van der Waals surface area contributed by atoms with Gasteiger partial charge in [0.1, 0.15) is 8.07 Å². The number of hydrogen-bond acceptors (Lipinski definition) is 1. The molecule has 0 unspecified atom stereocenters. The van der Waals surface area contributed by atoms with Crippen molar-refractivity contribution in [3.05, 3.63) is 72.3 Å². The molecular formula is C25H34OSi. The zero-order chi connectivity index (χ0) is 19.5. The molecule has 0 fully saturated rings. The van der Waals surface area contributed by atoms with Crippen LogP contribution in [0.4, 0.5) is 0 Å². The van der Waals surface area contributed by atoms with Crippen molar-refractivity contribution in [2.24, 2.45) is 5.92 Å². The second-order valence-electron chi connectivity index (χ2n) is 9.10. The summed E-state index contributed by atoms with van der Waals surface area (Å²) in [5, 5.41) is 13.8. The lowest BCUT2D eigenvalue weighted by Gasteiger charge is -2.45. The van der Waals surface area contributed by atoms with Crippen molar-refractivity contribution in [2.75, 3.05) is 0 Å². The van der Waals surface area contributed by atoms with Crippen LogP contribution in [0.15, 0.2) is 72.3 Å². The number of allylic oxidation sites excluding steroid dienone is 1. The van der Waals surface area contributed by atoms with Crippen LogP contribution in [0.3, 0.4) is 0 Å². The Hall–Kier alpha value is -1.64. The van der Waals surface area contributed by atoms with Crippen LogP contribution >= 0.6 is 0 Å². The van der Waals surface area contributed by atoms with Crippen LogP contribution in [0.2, 0.25) is 11.1 Å². The molecule has 2 heteroatoms. The molecule has 0 radical (unpaired) electrons. The Morgan fingerprint density at radius 3 is 1.85 bits per heavy atom. The third-order valence-corrected chi connectivity index (χ3v) is 12.7. The molecule has 2 aromatic rings. The van der Waals surface area contributed by atoms with Crippen LogP contribution < -0.4 is 10.4 Å². The smallest absolute Gasteiger partial charge is 0.127 e. The third kappa shape index (κ3) is 3.97. The lowest BCUT2D eigenvalue weighted by atomic mass is 9.86. The topological polar surface area (TPSA) is 20.2 Å². The molecule has 0 spiro atoms. The predicted octanol–water partition coefficient (Wildman–Crippen LogP) is 5.16. The zero-order valence-electron chi connectivity index (χ0n) is 17.3. The van der Waals surface area contributed by atoms with Gasteiger partial charge in [0.05, 0.1) is 6.10 Å². The van der Waals surface area contributed by atoms with Gasteiger partial charge in [0.25, 0.3) is 0 Å². The van der Waals surface area contributed by atoms with Crippen LogP contribution in [-0.2, 0) is 0 Å².